The Morgan fingerprint density at radius 2 is 1.63 bits per heavy atom. The zero-order valence-corrected chi connectivity index (χ0v) is 31.4. The molecule has 1 saturated heterocycles. The van der Waals surface area contributed by atoms with Crippen molar-refractivity contribution in [3.05, 3.63) is 67.5 Å². The fraction of sp³-hybridized carbons (Fsp3) is 0.440. The second-order valence-electron chi connectivity index (χ2n) is 11.9. The summed E-state index contributed by atoms with van der Waals surface area (Å²) in [6.45, 7) is 4.14. The van der Waals surface area contributed by atoms with Crippen molar-refractivity contribution < 1.29 is 69.3 Å². The van der Waals surface area contributed by atoms with E-state index in [0.29, 0.717) is 17.0 Å². The largest absolute Gasteiger partial charge is 0.536 e. The van der Waals surface area contributed by atoms with Crippen LogP contribution in [0.5, 0.6) is 5.75 Å². The van der Waals surface area contributed by atoms with Gasteiger partial charge in [0.1, 0.15) is 17.4 Å². The number of nitrogens with one attached hydrogen (secondary N) is 1. The van der Waals surface area contributed by atoms with Gasteiger partial charge in [0.25, 0.3) is 5.56 Å². The second-order valence-corrected chi connectivity index (χ2v) is 19.0. The highest BCUT2D eigenvalue weighted by Gasteiger charge is 2.49. The average molecular weight is 838 g/mol. The molecule has 1 aromatic heterocycles. The molecule has 0 spiro atoms. The third-order valence-corrected chi connectivity index (χ3v) is 14.5. The maximum atomic E-state index is 12.7. The number of aromatic nitrogens is 2. The first kappa shape index (κ1) is 40.1. The third kappa shape index (κ3) is 9.18. The van der Waals surface area contributed by atoms with Gasteiger partial charge in [-0.15, -0.1) is 11.6 Å². The molecule has 5 N–H and O–H groups in total. The number of fused-ring (bicyclic) bond motifs is 2. The van der Waals surface area contributed by atoms with Crippen molar-refractivity contribution in [2.75, 3.05) is 6.61 Å². The van der Waals surface area contributed by atoms with Crippen LogP contribution in [-0.4, -0.2) is 58.7 Å². The Kier molecular flexibility index (Phi) is 11.2. The Hall–Kier alpha value is -2.08. The number of nitrogens with zero attached hydrogens (tertiary/aromatic N) is 2. The van der Waals surface area contributed by atoms with Gasteiger partial charge in [0.2, 0.25) is 0 Å². The number of Topliss-reactive ketones (excluding diaryl/α,β-unsaturated/α-hetero) is 1. The number of hydrogen-bond acceptors (Lipinski definition) is 14. The van der Waals surface area contributed by atoms with Gasteiger partial charge in [-0.3, -0.25) is 33.5 Å². The van der Waals surface area contributed by atoms with Gasteiger partial charge in [0.15, 0.2) is 5.78 Å². The number of rotatable bonds is 12. The van der Waals surface area contributed by atoms with Crippen molar-refractivity contribution in [3.63, 3.8) is 0 Å². The van der Waals surface area contributed by atoms with E-state index in [1.54, 1.807) is 13.8 Å². The molecule has 8 atom stereocenters. The minimum atomic E-state index is -6.08. The molecule has 2 aliphatic heterocycles. The molecule has 51 heavy (non-hydrogen) atoms. The molecule has 1 aromatic carbocycles. The molecular formula is C25H29Cl2N3O17P4. The predicted octanol–water partition coefficient (Wildman–Crippen LogP) is 4.36. The minimum absolute atomic E-state index is 0.0996. The molecule has 1 fully saturated rings. The van der Waals surface area contributed by atoms with Crippen molar-refractivity contribution in [1.82, 2.24) is 9.55 Å². The number of phosphoric acid groups is 4. The summed E-state index contributed by atoms with van der Waals surface area (Å²) in [5.41, 5.74) is -0.936. The molecule has 0 saturated carbocycles. The first-order valence-corrected chi connectivity index (χ1v) is 21.2. The summed E-state index contributed by atoms with van der Waals surface area (Å²) in [4.78, 5) is 82.7. The standard InChI is InChI=1S/C25H29Cl2N3O17P4/c1-12-10-30(24(33)29-23(12)32)19-7-5-14(43-19)11-42-48(34,35)45-50(38,39)47-51(40,41)46-49(36,37)44-13-4-6-17-15(8-13)25(2,3)20-18(28-17)9-16(26)22(31)21(20)27/h4,6,8-10,14,19-21H,5,7,11H2,1-3H3,(H,34,35)(H,36,37)(H,38,39)(H,40,41)(H,29,32,33)/t14-,19+,20?,21?/m0/s1. The fourth-order valence-corrected chi connectivity index (χ4v) is 11.4. The normalized spacial score (nSPS) is 27.4. The zero-order chi connectivity index (χ0) is 37.9. The maximum Gasteiger partial charge on any atom is 0.536 e. The van der Waals surface area contributed by atoms with Gasteiger partial charge in [0, 0.05) is 28.8 Å². The molecular weight excluding hydrogens is 809 g/mol. The van der Waals surface area contributed by atoms with Crippen LogP contribution in [0.1, 0.15) is 44.0 Å². The first-order chi connectivity index (χ1) is 23.4. The lowest BCUT2D eigenvalue weighted by atomic mass is 9.65. The van der Waals surface area contributed by atoms with E-state index in [1.807, 2.05) is 0 Å². The van der Waals surface area contributed by atoms with E-state index < -0.39 is 89.7 Å². The smallest absolute Gasteiger partial charge is 0.404 e. The van der Waals surface area contributed by atoms with E-state index >= 15 is 0 Å². The van der Waals surface area contributed by atoms with Gasteiger partial charge in [-0.1, -0.05) is 25.4 Å². The van der Waals surface area contributed by atoms with Gasteiger partial charge in [-0.2, -0.15) is 12.9 Å². The number of aryl methyl sites for hydroxylation is 1. The molecule has 2 aromatic rings. The molecule has 26 heteroatoms. The van der Waals surface area contributed by atoms with E-state index in [-0.39, 0.29) is 23.4 Å². The molecule has 0 amide bonds. The molecule has 3 heterocycles. The van der Waals surface area contributed by atoms with Crippen LogP contribution in [0.3, 0.4) is 0 Å². The quantitative estimate of drug-likeness (QED) is 0.147. The number of aromatic amines is 1. The Balaban J connectivity index is 1.19. The van der Waals surface area contributed by atoms with Crippen molar-refractivity contribution in [2.45, 2.75) is 56.7 Å². The minimum Gasteiger partial charge on any atom is -0.404 e. The van der Waals surface area contributed by atoms with E-state index in [2.05, 4.69) is 27.4 Å². The summed E-state index contributed by atoms with van der Waals surface area (Å²) < 4.78 is 78.0. The van der Waals surface area contributed by atoms with E-state index in [0.717, 1.165) is 10.6 Å². The van der Waals surface area contributed by atoms with Gasteiger partial charge >= 0.3 is 37.0 Å². The zero-order valence-electron chi connectivity index (χ0n) is 26.4. The number of H-pyrrole nitrogens is 1. The summed E-state index contributed by atoms with van der Waals surface area (Å²) in [6, 6.07) is 3.73. The summed E-state index contributed by atoms with van der Waals surface area (Å²) in [6.07, 6.45) is 1.15. The predicted molar refractivity (Wildman–Crippen MR) is 177 cm³/mol. The number of halogens is 2. The number of alkyl halides is 1. The van der Waals surface area contributed by atoms with Gasteiger partial charge < -0.3 is 23.9 Å². The Morgan fingerprint density at radius 1 is 1.00 bits per heavy atom. The van der Waals surface area contributed by atoms with Gasteiger partial charge in [-0.25, -0.2) is 23.1 Å². The lowest BCUT2D eigenvalue weighted by molar-refractivity contribution is -0.115. The summed E-state index contributed by atoms with van der Waals surface area (Å²) >= 11 is 12.4. The number of benzene rings is 1. The Bertz CT molecular complexity index is 2150. The number of aliphatic imine (C=N–C) groups is 1. The van der Waals surface area contributed by atoms with E-state index in [1.165, 1.54) is 31.3 Å². The summed E-state index contributed by atoms with van der Waals surface area (Å²) in [7, 11) is -23.4. The molecule has 0 bridgehead atoms. The summed E-state index contributed by atoms with van der Waals surface area (Å²) in [5.74, 6) is -1.62. The number of carbonyl (C=O) groups is 1. The van der Waals surface area contributed by atoms with Crippen LogP contribution >= 0.6 is 54.5 Å². The van der Waals surface area contributed by atoms with Gasteiger partial charge in [0.05, 0.1) is 23.4 Å². The number of allylic oxidation sites excluding steroid dienone is 2. The van der Waals surface area contributed by atoms with E-state index in [4.69, 9.17) is 32.5 Å². The lowest BCUT2D eigenvalue weighted by Gasteiger charge is -2.42. The molecule has 20 nitrogen and oxygen atoms in total. The number of hydrogen-bond donors (Lipinski definition) is 5. The Morgan fingerprint density at radius 3 is 2.29 bits per heavy atom. The lowest BCUT2D eigenvalue weighted by Crippen LogP contribution is -2.47. The topological polar surface area (TPSA) is 289 Å². The molecule has 1 aliphatic carbocycles. The van der Waals surface area contributed by atoms with Crippen LogP contribution < -0.4 is 15.8 Å². The number of ether oxygens (including phenoxy) is 1. The van der Waals surface area contributed by atoms with Crippen LogP contribution in [0.15, 0.2) is 50.1 Å². The summed E-state index contributed by atoms with van der Waals surface area (Å²) in [5, 5.41) is -1.19. The highest BCUT2D eigenvalue weighted by Crippen LogP contribution is 2.71. The molecule has 280 valence electrons. The second kappa shape index (κ2) is 14.3. The van der Waals surface area contributed by atoms with Crippen LogP contribution in [0, 0.1) is 12.8 Å². The highest BCUT2D eigenvalue weighted by molar-refractivity contribution is 7.69. The van der Waals surface area contributed by atoms with Crippen LogP contribution in [0.2, 0.25) is 0 Å². The van der Waals surface area contributed by atoms with Crippen LogP contribution in [-0.2, 0) is 50.7 Å². The van der Waals surface area contributed by atoms with E-state index in [9.17, 15) is 52.2 Å². The van der Waals surface area contributed by atoms with Gasteiger partial charge in [-0.05, 0) is 49.6 Å². The van der Waals surface area contributed by atoms with Crippen molar-refractivity contribution in [1.29, 1.82) is 0 Å². The van der Waals surface area contributed by atoms with Crippen molar-refractivity contribution >= 4 is 71.7 Å². The average Bonchev–Trinajstić information content (AvgIpc) is 3.44. The third-order valence-electron chi connectivity index (χ3n) is 7.87. The van der Waals surface area contributed by atoms with Crippen LogP contribution in [0.25, 0.3) is 0 Å². The van der Waals surface area contributed by atoms with Crippen molar-refractivity contribution in [3.8, 4) is 5.75 Å². The first-order valence-electron chi connectivity index (χ1n) is 14.4. The molecule has 0 radical (unpaired) electrons. The maximum absolute atomic E-state index is 12.7. The SMILES string of the molecule is Cc1cn([C@H]2CC[C@@H](COP(=O)(O)OP(=O)(O)OP(=O)(O)OP(=O)(O)Oc3ccc4c(c3)C(C)(C)C3C(=N4)C=C(Cl)C(=O)C3Cl)O2)c(=O)[nH]c1=O. The number of ketones is 1. The van der Waals surface area contributed by atoms with Crippen molar-refractivity contribution in [2.24, 2.45) is 10.9 Å². The Labute approximate surface area is 297 Å². The fourth-order valence-electron chi connectivity index (χ4n) is 5.64. The molecule has 5 rings (SSSR count). The van der Waals surface area contributed by atoms with Crippen LogP contribution in [0.4, 0.5) is 5.69 Å². The molecule has 3 aliphatic rings. The number of phosphoric ester groups is 2. The molecule has 6 unspecified atom stereocenters. The monoisotopic (exact) mass is 837 g/mol. The number of carbonyl (C=O) groups excluding carboxylic acids is 1. The highest BCUT2D eigenvalue weighted by atomic mass is 35.5.